The molecule has 2 atom stereocenters. The molecule has 0 aromatic rings. The third kappa shape index (κ3) is 4.73. The van der Waals surface area contributed by atoms with Crippen LogP contribution in [0.2, 0.25) is 0 Å². The van der Waals surface area contributed by atoms with E-state index in [1.165, 1.54) is 13.3 Å². The highest BCUT2D eigenvalue weighted by Crippen LogP contribution is 2.22. The average molecular weight is 174 g/mol. The molecule has 0 radical (unpaired) electrons. The highest BCUT2D eigenvalue weighted by Gasteiger charge is 2.24. The smallest absolute Gasteiger partial charge is 0.162 e. The fraction of sp³-hybridized carbons (Fsp3) is 1.00. The Morgan fingerprint density at radius 2 is 1.67 bits per heavy atom. The molecule has 0 bridgehead atoms. The van der Waals surface area contributed by atoms with Crippen LogP contribution in [0.3, 0.4) is 0 Å². The maximum absolute atomic E-state index is 9.23. The molecule has 0 aliphatic heterocycles. The van der Waals surface area contributed by atoms with E-state index in [2.05, 4.69) is 13.8 Å². The van der Waals surface area contributed by atoms with Gasteiger partial charge in [-0.3, -0.25) is 0 Å². The SMILES string of the molecule is CCC(C)CCC(C)C(C)(O)O. The Kier molecular flexibility index (Phi) is 4.80. The largest absolute Gasteiger partial charge is 0.366 e. The lowest BCUT2D eigenvalue weighted by atomic mass is 9.92. The van der Waals surface area contributed by atoms with Gasteiger partial charge in [0.15, 0.2) is 5.79 Å². The normalized spacial score (nSPS) is 17.5. The maximum atomic E-state index is 9.23. The molecule has 12 heavy (non-hydrogen) atoms. The summed E-state index contributed by atoms with van der Waals surface area (Å²) in [4.78, 5) is 0. The van der Waals surface area contributed by atoms with Crippen molar-refractivity contribution in [2.24, 2.45) is 11.8 Å². The van der Waals surface area contributed by atoms with Gasteiger partial charge in [0.05, 0.1) is 0 Å². The first kappa shape index (κ1) is 11.9. The molecule has 0 aromatic carbocycles. The average Bonchev–Trinajstić information content (AvgIpc) is 1.97. The summed E-state index contributed by atoms with van der Waals surface area (Å²) in [5.41, 5.74) is 0. The number of hydrogen-bond acceptors (Lipinski definition) is 2. The van der Waals surface area contributed by atoms with Crippen molar-refractivity contribution in [3.8, 4) is 0 Å². The lowest BCUT2D eigenvalue weighted by Gasteiger charge is -2.25. The number of rotatable bonds is 5. The van der Waals surface area contributed by atoms with E-state index in [1.54, 1.807) is 0 Å². The zero-order valence-corrected chi connectivity index (χ0v) is 8.67. The van der Waals surface area contributed by atoms with Crippen LogP contribution in [0.1, 0.15) is 47.0 Å². The molecule has 2 nitrogen and oxygen atoms in total. The Labute approximate surface area is 75.6 Å². The lowest BCUT2D eigenvalue weighted by molar-refractivity contribution is -0.182. The van der Waals surface area contributed by atoms with Crippen molar-refractivity contribution in [2.75, 3.05) is 0 Å². The molecule has 0 fully saturated rings. The van der Waals surface area contributed by atoms with Crippen molar-refractivity contribution in [3.05, 3.63) is 0 Å². The van der Waals surface area contributed by atoms with Crippen LogP contribution < -0.4 is 0 Å². The first-order chi connectivity index (χ1) is 5.38. The van der Waals surface area contributed by atoms with Gasteiger partial charge in [-0.25, -0.2) is 0 Å². The van der Waals surface area contributed by atoms with E-state index in [4.69, 9.17) is 0 Å². The molecule has 0 aliphatic rings. The van der Waals surface area contributed by atoms with Crippen LogP contribution in [0, 0.1) is 11.8 Å². The predicted molar refractivity (Wildman–Crippen MR) is 50.7 cm³/mol. The molecule has 0 saturated carbocycles. The molecular weight excluding hydrogens is 152 g/mol. The number of aliphatic hydroxyl groups is 2. The zero-order valence-electron chi connectivity index (χ0n) is 8.67. The van der Waals surface area contributed by atoms with E-state index in [-0.39, 0.29) is 5.92 Å². The van der Waals surface area contributed by atoms with Crippen LogP contribution in [-0.4, -0.2) is 16.0 Å². The summed E-state index contributed by atoms with van der Waals surface area (Å²) >= 11 is 0. The second kappa shape index (κ2) is 4.83. The molecule has 2 N–H and O–H groups in total. The van der Waals surface area contributed by atoms with Gasteiger partial charge in [0.25, 0.3) is 0 Å². The summed E-state index contributed by atoms with van der Waals surface area (Å²) in [6.45, 7) is 7.68. The van der Waals surface area contributed by atoms with E-state index >= 15 is 0 Å². The zero-order chi connectivity index (χ0) is 9.78. The van der Waals surface area contributed by atoms with Gasteiger partial charge in [-0.15, -0.1) is 0 Å². The molecule has 0 heterocycles. The Morgan fingerprint density at radius 1 is 1.17 bits per heavy atom. The number of hydrogen-bond donors (Lipinski definition) is 2. The third-order valence-electron chi connectivity index (χ3n) is 2.72. The predicted octanol–water partition coefficient (Wildman–Crippen LogP) is 2.15. The summed E-state index contributed by atoms with van der Waals surface area (Å²) in [6.07, 6.45) is 3.13. The maximum Gasteiger partial charge on any atom is 0.162 e. The summed E-state index contributed by atoms with van der Waals surface area (Å²) in [5, 5.41) is 18.5. The standard InChI is InChI=1S/C10H22O2/c1-5-8(2)6-7-9(3)10(4,11)12/h8-9,11-12H,5-7H2,1-4H3. The van der Waals surface area contributed by atoms with Crippen molar-refractivity contribution < 1.29 is 10.2 Å². The highest BCUT2D eigenvalue weighted by atomic mass is 16.5. The second-order valence-corrected chi connectivity index (χ2v) is 4.09. The van der Waals surface area contributed by atoms with Crippen molar-refractivity contribution in [2.45, 2.75) is 52.7 Å². The Balaban J connectivity index is 3.64. The van der Waals surface area contributed by atoms with Gasteiger partial charge < -0.3 is 10.2 Å². The van der Waals surface area contributed by atoms with Crippen LogP contribution in [0.15, 0.2) is 0 Å². The van der Waals surface area contributed by atoms with E-state index < -0.39 is 5.79 Å². The monoisotopic (exact) mass is 174 g/mol. The van der Waals surface area contributed by atoms with Crippen LogP contribution >= 0.6 is 0 Å². The van der Waals surface area contributed by atoms with Crippen LogP contribution in [0.4, 0.5) is 0 Å². The third-order valence-corrected chi connectivity index (χ3v) is 2.72. The lowest BCUT2D eigenvalue weighted by Crippen LogP contribution is -2.32. The van der Waals surface area contributed by atoms with E-state index in [9.17, 15) is 10.2 Å². The fourth-order valence-corrected chi connectivity index (χ4v) is 1.01. The van der Waals surface area contributed by atoms with Gasteiger partial charge in [-0.05, 0) is 19.3 Å². The Morgan fingerprint density at radius 3 is 2.00 bits per heavy atom. The van der Waals surface area contributed by atoms with Gasteiger partial charge >= 0.3 is 0 Å². The summed E-state index contributed by atoms with van der Waals surface area (Å²) in [5.74, 6) is -0.853. The summed E-state index contributed by atoms with van der Waals surface area (Å²) < 4.78 is 0. The van der Waals surface area contributed by atoms with Crippen molar-refractivity contribution >= 4 is 0 Å². The van der Waals surface area contributed by atoms with Gasteiger partial charge in [0.2, 0.25) is 0 Å². The topological polar surface area (TPSA) is 40.5 Å². The molecule has 0 spiro atoms. The van der Waals surface area contributed by atoms with Crippen molar-refractivity contribution in [3.63, 3.8) is 0 Å². The molecule has 0 aromatic heterocycles. The van der Waals surface area contributed by atoms with Crippen molar-refractivity contribution in [1.82, 2.24) is 0 Å². The molecule has 0 saturated heterocycles. The molecule has 0 aliphatic carbocycles. The highest BCUT2D eigenvalue weighted by molar-refractivity contribution is 4.67. The van der Waals surface area contributed by atoms with E-state index in [0.29, 0.717) is 5.92 Å². The quantitative estimate of drug-likeness (QED) is 0.627. The minimum Gasteiger partial charge on any atom is -0.366 e. The fourth-order valence-electron chi connectivity index (χ4n) is 1.01. The van der Waals surface area contributed by atoms with E-state index in [1.807, 2.05) is 6.92 Å². The molecule has 74 valence electrons. The molecule has 2 unspecified atom stereocenters. The molecule has 0 amide bonds. The van der Waals surface area contributed by atoms with Gasteiger partial charge in [-0.2, -0.15) is 0 Å². The molecule has 2 heteroatoms. The van der Waals surface area contributed by atoms with Gasteiger partial charge in [0, 0.05) is 5.92 Å². The Bertz CT molecular complexity index is 115. The Hall–Kier alpha value is -0.0800. The first-order valence-electron chi connectivity index (χ1n) is 4.82. The minimum atomic E-state index is -1.51. The summed E-state index contributed by atoms with van der Waals surface area (Å²) in [7, 11) is 0. The molecule has 0 rings (SSSR count). The van der Waals surface area contributed by atoms with Gasteiger partial charge in [-0.1, -0.05) is 33.6 Å². The van der Waals surface area contributed by atoms with E-state index in [0.717, 1.165) is 12.8 Å². The second-order valence-electron chi connectivity index (χ2n) is 4.09. The molecular formula is C10H22O2. The van der Waals surface area contributed by atoms with Crippen LogP contribution in [0.25, 0.3) is 0 Å². The van der Waals surface area contributed by atoms with Crippen molar-refractivity contribution in [1.29, 1.82) is 0 Å². The summed E-state index contributed by atoms with van der Waals surface area (Å²) in [6, 6.07) is 0. The first-order valence-corrected chi connectivity index (χ1v) is 4.82. The van der Waals surface area contributed by atoms with Crippen LogP contribution in [0.5, 0.6) is 0 Å². The van der Waals surface area contributed by atoms with Gasteiger partial charge in [0.1, 0.15) is 0 Å². The van der Waals surface area contributed by atoms with Crippen LogP contribution in [-0.2, 0) is 0 Å². The minimum absolute atomic E-state index is 0.0356.